The van der Waals surface area contributed by atoms with E-state index in [1.165, 1.54) is 18.9 Å². The number of aromatic nitrogens is 1. The van der Waals surface area contributed by atoms with Crippen molar-refractivity contribution in [1.82, 2.24) is 4.98 Å². The molecule has 0 bridgehead atoms. The third kappa shape index (κ3) is 3.71. The van der Waals surface area contributed by atoms with Crippen LogP contribution in [0.2, 0.25) is 0 Å². The number of hydrogen-bond acceptors (Lipinski definition) is 5. The van der Waals surface area contributed by atoms with Crippen molar-refractivity contribution in [1.29, 1.82) is 0 Å². The number of pyridine rings is 1. The molecule has 2 N–H and O–H groups in total. The smallest absolute Gasteiger partial charge is 0.320 e. The number of carbonyl (C=O) groups excluding carboxylic acids is 1. The standard InChI is InChI=1S/C9H11BrN2O2S/c1-14-9(13)6(10)5-15-8-2-3-12-4-7(8)11/h2-4,6H,5,11H2,1H3. The second-order valence-electron chi connectivity index (χ2n) is 2.72. The Hall–Kier alpha value is -0.750. The molecular weight excluding hydrogens is 280 g/mol. The Kier molecular flexibility index (Phi) is 4.90. The molecule has 1 unspecified atom stereocenters. The number of anilines is 1. The fourth-order valence-electron chi connectivity index (χ4n) is 0.884. The summed E-state index contributed by atoms with van der Waals surface area (Å²) in [6.45, 7) is 0. The molecule has 0 aliphatic carbocycles. The minimum atomic E-state index is -0.319. The van der Waals surface area contributed by atoms with Gasteiger partial charge in [0.15, 0.2) is 0 Å². The predicted octanol–water partition coefficient (Wildman–Crippen LogP) is 1.69. The number of ether oxygens (including phenoxy) is 1. The predicted molar refractivity (Wildman–Crippen MR) is 64.1 cm³/mol. The van der Waals surface area contributed by atoms with Crippen LogP contribution in [0.25, 0.3) is 0 Å². The molecule has 0 spiro atoms. The van der Waals surface area contributed by atoms with Crippen molar-refractivity contribution < 1.29 is 9.53 Å². The Balaban J connectivity index is 2.50. The molecule has 0 amide bonds. The summed E-state index contributed by atoms with van der Waals surface area (Å²) in [4.78, 5) is 15.6. The summed E-state index contributed by atoms with van der Waals surface area (Å²) in [6, 6.07) is 1.82. The van der Waals surface area contributed by atoms with Crippen LogP contribution in [-0.2, 0) is 9.53 Å². The molecule has 1 aromatic heterocycles. The molecule has 82 valence electrons. The molecular formula is C9H11BrN2O2S. The summed E-state index contributed by atoms with van der Waals surface area (Å²) in [5.74, 6) is 0.288. The second-order valence-corrected chi connectivity index (χ2v) is 4.88. The highest BCUT2D eigenvalue weighted by molar-refractivity contribution is 9.10. The van der Waals surface area contributed by atoms with Crippen molar-refractivity contribution in [2.45, 2.75) is 9.72 Å². The van der Waals surface area contributed by atoms with E-state index in [0.717, 1.165) is 4.90 Å². The third-order valence-electron chi connectivity index (χ3n) is 1.65. The van der Waals surface area contributed by atoms with Crippen molar-refractivity contribution in [3.63, 3.8) is 0 Å². The lowest BCUT2D eigenvalue weighted by Gasteiger charge is -2.08. The summed E-state index contributed by atoms with van der Waals surface area (Å²) in [5.41, 5.74) is 6.32. The number of nitrogen functional groups attached to an aromatic ring is 1. The molecule has 0 saturated carbocycles. The first-order valence-corrected chi connectivity index (χ1v) is 6.09. The molecule has 0 aliphatic rings. The molecule has 6 heteroatoms. The van der Waals surface area contributed by atoms with Gasteiger partial charge in [0, 0.05) is 16.8 Å². The number of methoxy groups -OCH3 is 1. The number of alkyl halides is 1. The fraction of sp³-hybridized carbons (Fsp3) is 0.333. The van der Waals surface area contributed by atoms with Crippen molar-refractivity contribution >= 4 is 39.3 Å². The monoisotopic (exact) mass is 290 g/mol. The number of thioether (sulfide) groups is 1. The molecule has 0 fully saturated rings. The van der Waals surface area contributed by atoms with Gasteiger partial charge in [-0.3, -0.25) is 9.78 Å². The lowest BCUT2D eigenvalue weighted by atomic mass is 10.4. The van der Waals surface area contributed by atoms with Gasteiger partial charge in [-0.15, -0.1) is 11.8 Å². The molecule has 1 aromatic rings. The Morgan fingerprint density at radius 2 is 2.53 bits per heavy atom. The van der Waals surface area contributed by atoms with Crippen LogP contribution >= 0.6 is 27.7 Å². The molecule has 1 heterocycles. The number of halogens is 1. The normalized spacial score (nSPS) is 12.1. The maximum Gasteiger partial charge on any atom is 0.320 e. The van der Waals surface area contributed by atoms with E-state index in [1.54, 1.807) is 12.4 Å². The zero-order valence-corrected chi connectivity index (χ0v) is 10.5. The minimum absolute atomic E-state index is 0.282. The third-order valence-corrected chi connectivity index (χ3v) is 3.96. The van der Waals surface area contributed by atoms with Crippen LogP contribution in [-0.4, -0.2) is 28.6 Å². The van der Waals surface area contributed by atoms with Crippen LogP contribution in [0.1, 0.15) is 0 Å². The van der Waals surface area contributed by atoms with E-state index in [2.05, 4.69) is 25.7 Å². The van der Waals surface area contributed by atoms with Gasteiger partial charge >= 0.3 is 5.97 Å². The summed E-state index contributed by atoms with van der Waals surface area (Å²) in [6.07, 6.45) is 3.25. The number of rotatable bonds is 4. The summed E-state index contributed by atoms with van der Waals surface area (Å²) in [7, 11) is 1.36. The first-order chi connectivity index (χ1) is 7.15. The van der Waals surface area contributed by atoms with Crippen molar-refractivity contribution in [2.24, 2.45) is 0 Å². The maximum atomic E-state index is 11.1. The average molecular weight is 291 g/mol. The molecule has 4 nitrogen and oxygen atoms in total. The zero-order chi connectivity index (χ0) is 11.3. The first kappa shape index (κ1) is 12.3. The average Bonchev–Trinajstić information content (AvgIpc) is 2.26. The van der Waals surface area contributed by atoms with Crippen LogP contribution in [0.5, 0.6) is 0 Å². The highest BCUT2D eigenvalue weighted by Gasteiger charge is 2.15. The van der Waals surface area contributed by atoms with Gasteiger partial charge in [0.2, 0.25) is 0 Å². The van der Waals surface area contributed by atoms with E-state index in [-0.39, 0.29) is 10.8 Å². The minimum Gasteiger partial charge on any atom is -0.468 e. The van der Waals surface area contributed by atoms with Gasteiger partial charge in [-0.1, -0.05) is 15.9 Å². The van der Waals surface area contributed by atoms with Gasteiger partial charge in [-0.2, -0.15) is 0 Å². The van der Waals surface area contributed by atoms with Gasteiger partial charge in [-0.25, -0.2) is 0 Å². The van der Waals surface area contributed by atoms with Gasteiger partial charge in [-0.05, 0) is 6.07 Å². The van der Waals surface area contributed by atoms with Crippen LogP contribution in [0.15, 0.2) is 23.4 Å². The zero-order valence-electron chi connectivity index (χ0n) is 8.14. The highest BCUT2D eigenvalue weighted by Crippen LogP contribution is 2.25. The van der Waals surface area contributed by atoms with Crippen LogP contribution in [0, 0.1) is 0 Å². The Morgan fingerprint density at radius 1 is 1.80 bits per heavy atom. The lowest BCUT2D eigenvalue weighted by Crippen LogP contribution is -2.17. The molecule has 0 radical (unpaired) electrons. The number of nitrogens with two attached hydrogens (primary N) is 1. The molecule has 1 rings (SSSR count). The molecule has 0 aromatic carbocycles. The topological polar surface area (TPSA) is 65.2 Å². The first-order valence-electron chi connectivity index (χ1n) is 4.19. The summed E-state index contributed by atoms with van der Waals surface area (Å²) >= 11 is 4.72. The molecule has 15 heavy (non-hydrogen) atoms. The van der Waals surface area contributed by atoms with Gasteiger partial charge in [0.25, 0.3) is 0 Å². The molecule has 1 atom stereocenters. The number of nitrogens with zero attached hydrogens (tertiary/aromatic N) is 1. The summed E-state index contributed by atoms with van der Waals surface area (Å²) < 4.78 is 4.59. The van der Waals surface area contributed by atoms with E-state index in [9.17, 15) is 4.79 Å². The highest BCUT2D eigenvalue weighted by atomic mass is 79.9. The molecule has 0 saturated heterocycles. The van der Waals surface area contributed by atoms with Crippen LogP contribution in [0.3, 0.4) is 0 Å². The summed E-state index contributed by atoms with van der Waals surface area (Å²) in [5, 5.41) is 0. The second kappa shape index (κ2) is 5.97. The van der Waals surface area contributed by atoms with E-state index >= 15 is 0 Å². The van der Waals surface area contributed by atoms with Crippen molar-refractivity contribution in [3.8, 4) is 0 Å². The van der Waals surface area contributed by atoms with Gasteiger partial charge in [0.1, 0.15) is 4.83 Å². The number of esters is 1. The lowest BCUT2D eigenvalue weighted by molar-refractivity contribution is -0.139. The fourth-order valence-corrected chi connectivity index (χ4v) is 2.31. The van der Waals surface area contributed by atoms with Gasteiger partial charge in [0.05, 0.1) is 19.0 Å². The Labute approximate surface area is 101 Å². The van der Waals surface area contributed by atoms with Gasteiger partial charge < -0.3 is 10.5 Å². The quantitative estimate of drug-likeness (QED) is 0.519. The van der Waals surface area contributed by atoms with E-state index in [4.69, 9.17) is 5.73 Å². The van der Waals surface area contributed by atoms with E-state index in [0.29, 0.717) is 11.4 Å². The van der Waals surface area contributed by atoms with Crippen LogP contribution < -0.4 is 5.73 Å². The SMILES string of the molecule is COC(=O)C(Br)CSc1ccncc1N. The number of carbonyl (C=O) groups is 1. The Bertz CT molecular complexity index is 349. The van der Waals surface area contributed by atoms with Crippen LogP contribution in [0.4, 0.5) is 5.69 Å². The van der Waals surface area contributed by atoms with Crippen molar-refractivity contribution in [3.05, 3.63) is 18.5 Å². The Morgan fingerprint density at radius 3 is 3.13 bits per heavy atom. The maximum absolute atomic E-state index is 11.1. The molecule has 0 aliphatic heterocycles. The van der Waals surface area contributed by atoms with E-state index < -0.39 is 0 Å². The van der Waals surface area contributed by atoms with Crippen molar-refractivity contribution in [2.75, 3.05) is 18.6 Å². The number of hydrogen-bond donors (Lipinski definition) is 1. The van der Waals surface area contributed by atoms with E-state index in [1.807, 2.05) is 6.07 Å². The largest absolute Gasteiger partial charge is 0.468 e.